The summed E-state index contributed by atoms with van der Waals surface area (Å²) in [5.74, 6) is 0. The van der Waals surface area contributed by atoms with E-state index < -0.39 is 0 Å². The normalized spacial score (nSPS) is 13.0. The fourth-order valence-corrected chi connectivity index (χ4v) is 2.24. The van der Waals surface area contributed by atoms with Crippen molar-refractivity contribution >= 4 is 11.8 Å². The molecule has 3 heteroatoms. The van der Waals surface area contributed by atoms with Crippen molar-refractivity contribution in [2.75, 3.05) is 33.4 Å². The van der Waals surface area contributed by atoms with Gasteiger partial charge in [-0.1, -0.05) is 12.1 Å². The molecule has 0 fully saturated rings. The lowest BCUT2D eigenvalue weighted by Crippen LogP contribution is -2.25. The monoisotopic (exact) mass is 252 g/mol. The largest absolute Gasteiger partial charge is 0.320 e. The summed E-state index contributed by atoms with van der Waals surface area (Å²) in [6.07, 6.45) is 3.31. The van der Waals surface area contributed by atoms with E-state index in [0.717, 1.165) is 13.1 Å². The van der Waals surface area contributed by atoms with Crippen LogP contribution in [0.5, 0.6) is 0 Å². The van der Waals surface area contributed by atoms with Crippen molar-refractivity contribution in [1.82, 2.24) is 10.2 Å². The molecule has 0 aromatic heterocycles. The number of thioether (sulfide) groups is 1. The van der Waals surface area contributed by atoms with E-state index in [1.807, 2.05) is 7.05 Å². The molecule has 0 heterocycles. The van der Waals surface area contributed by atoms with E-state index >= 15 is 0 Å². The average molecular weight is 252 g/mol. The van der Waals surface area contributed by atoms with Crippen LogP contribution in [0.25, 0.3) is 0 Å². The Hall–Kier alpha value is -0.510. The van der Waals surface area contributed by atoms with Crippen LogP contribution in [-0.2, 0) is 0 Å². The molecule has 0 bridgehead atoms. The molecule has 1 aromatic carbocycles. The maximum absolute atomic E-state index is 3.19. The van der Waals surface area contributed by atoms with Crippen molar-refractivity contribution in [1.29, 1.82) is 0 Å². The molecule has 0 aliphatic carbocycles. The molecule has 0 aliphatic heterocycles. The van der Waals surface area contributed by atoms with Gasteiger partial charge < -0.3 is 5.32 Å². The average Bonchev–Trinajstić information content (AvgIpc) is 2.38. The van der Waals surface area contributed by atoms with Crippen LogP contribution in [-0.4, -0.2) is 38.3 Å². The third-order valence-electron chi connectivity index (χ3n) is 3.20. The number of rotatable bonds is 7. The summed E-state index contributed by atoms with van der Waals surface area (Å²) in [7, 11) is 4.20. The van der Waals surface area contributed by atoms with E-state index in [0.29, 0.717) is 6.04 Å². The van der Waals surface area contributed by atoms with E-state index in [4.69, 9.17) is 0 Å². The lowest BCUT2D eigenvalue weighted by atomic mass is 10.1. The highest BCUT2D eigenvalue weighted by Crippen LogP contribution is 2.22. The van der Waals surface area contributed by atoms with Gasteiger partial charge in [0.05, 0.1) is 0 Å². The van der Waals surface area contributed by atoms with Gasteiger partial charge in [-0.15, -0.1) is 11.8 Å². The molecule has 0 saturated carbocycles. The maximum Gasteiger partial charge on any atom is 0.0316 e. The Morgan fingerprint density at radius 3 is 2.47 bits per heavy atom. The summed E-state index contributed by atoms with van der Waals surface area (Å²) in [6, 6.07) is 9.38. The van der Waals surface area contributed by atoms with Gasteiger partial charge in [-0.05, 0) is 64.5 Å². The maximum atomic E-state index is 3.19. The first-order chi connectivity index (χ1) is 8.19. The summed E-state index contributed by atoms with van der Waals surface area (Å²) in [5.41, 5.74) is 1.40. The lowest BCUT2D eigenvalue weighted by Gasteiger charge is -2.25. The number of hydrogen-bond acceptors (Lipinski definition) is 3. The highest BCUT2D eigenvalue weighted by molar-refractivity contribution is 7.98. The van der Waals surface area contributed by atoms with E-state index in [1.54, 1.807) is 11.8 Å². The Labute approximate surface area is 110 Å². The molecule has 96 valence electrons. The summed E-state index contributed by atoms with van der Waals surface area (Å²) < 4.78 is 0. The fourth-order valence-electron chi connectivity index (χ4n) is 1.84. The van der Waals surface area contributed by atoms with Gasteiger partial charge in [-0.3, -0.25) is 4.90 Å². The van der Waals surface area contributed by atoms with Crippen molar-refractivity contribution in [3.8, 4) is 0 Å². The van der Waals surface area contributed by atoms with Crippen molar-refractivity contribution < 1.29 is 0 Å². The summed E-state index contributed by atoms with van der Waals surface area (Å²) in [6.45, 7) is 4.49. The van der Waals surface area contributed by atoms with Crippen LogP contribution in [0.2, 0.25) is 0 Å². The Morgan fingerprint density at radius 2 is 1.94 bits per heavy atom. The molecule has 0 spiro atoms. The van der Waals surface area contributed by atoms with Gasteiger partial charge in [0.1, 0.15) is 0 Å². The Morgan fingerprint density at radius 1 is 1.29 bits per heavy atom. The quantitative estimate of drug-likeness (QED) is 0.593. The van der Waals surface area contributed by atoms with Crippen LogP contribution in [0.15, 0.2) is 29.2 Å². The molecule has 1 N–H and O–H groups in total. The van der Waals surface area contributed by atoms with Crippen LogP contribution in [0.4, 0.5) is 0 Å². The second kappa shape index (κ2) is 7.75. The van der Waals surface area contributed by atoms with Gasteiger partial charge in [-0.25, -0.2) is 0 Å². The third kappa shape index (κ3) is 4.70. The van der Waals surface area contributed by atoms with E-state index in [-0.39, 0.29) is 0 Å². The predicted octanol–water partition coefficient (Wildman–Crippen LogP) is 3.01. The molecule has 1 unspecified atom stereocenters. The molecule has 0 radical (unpaired) electrons. The van der Waals surface area contributed by atoms with Crippen molar-refractivity contribution in [3.63, 3.8) is 0 Å². The van der Waals surface area contributed by atoms with E-state index in [1.165, 1.54) is 16.9 Å². The number of benzene rings is 1. The molecule has 17 heavy (non-hydrogen) atoms. The Bertz CT molecular complexity index is 311. The van der Waals surface area contributed by atoms with Crippen LogP contribution in [0.3, 0.4) is 0 Å². The molecule has 0 saturated heterocycles. The number of nitrogens with one attached hydrogen (secondary N) is 1. The zero-order chi connectivity index (χ0) is 12.7. The summed E-state index contributed by atoms with van der Waals surface area (Å²) >= 11 is 1.79. The smallest absolute Gasteiger partial charge is 0.0316 e. The Kier molecular flexibility index (Phi) is 6.63. The van der Waals surface area contributed by atoms with Gasteiger partial charge in [0, 0.05) is 10.9 Å². The minimum Gasteiger partial charge on any atom is -0.320 e. The number of nitrogens with zero attached hydrogens (tertiary/aromatic N) is 1. The van der Waals surface area contributed by atoms with Crippen LogP contribution in [0.1, 0.15) is 24.9 Å². The molecule has 0 aliphatic rings. The zero-order valence-electron chi connectivity index (χ0n) is 11.4. The van der Waals surface area contributed by atoms with Gasteiger partial charge in [-0.2, -0.15) is 0 Å². The SMILES string of the molecule is CNCCCN(C)C(C)c1ccc(SC)cc1. The van der Waals surface area contributed by atoms with Crippen molar-refractivity contribution in [2.24, 2.45) is 0 Å². The Balaban J connectivity index is 2.52. The first kappa shape index (κ1) is 14.6. The minimum absolute atomic E-state index is 0.489. The molecule has 0 amide bonds. The second-order valence-corrected chi connectivity index (χ2v) is 5.27. The highest BCUT2D eigenvalue weighted by atomic mass is 32.2. The van der Waals surface area contributed by atoms with Crippen molar-refractivity contribution in [2.45, 2.75) is 24.3 Å². The van der Waals surface area contributed by atoms with Gasteiger partial charge >= 0.3 is 0 Å². The van der Waals surface area contributed by atoms with Crippen LogP contribution >= 0.6 is 11.8 Å². The second-order valence-electron chi connectivity index (χ2n) is 4.39. The van der Waals surface area contributed by atoms with Gasteiger partial charge in [0.2, 0.25) is 0 Å². The van der Waals surface area contributed by atoms with Crippen molar-refractivity contribution in [3.05, 3.63) is 29.8 Å². The minimum atomic E-state index is 0.489. The van der Waals surface area contributed by atoms with E-state index in [9.17, 15) is 0 Å². The standard InChI is InChI=1S/C14H24N2S/c1-12(16(3)11-5-10-15-2)13-6-8-14(17-4)9-7-13/h6-9,12,15H,5,10-11H2,1-4H3. The predicted molar refractivity (Wildman–Crippen MR) is 77.8 cm³/mol. The van der Waals surface area contributed by atoms with Gasteiger partial charge in [0.15, 0.2) is 0 Å². The summed E-state index contributed by atoms with van der Waals surface area (Å²) in [5, 5.41) is 3.19. The van der Waals surface area contributed by atoms with Crippen LogP contribution in [0, 0.1) is 0 Å². The zero-order valence-corrected chi connectivity index (χ0v) is 12.2. The third-order valence-corrected chi connectivity index (χ3v) is 3.94. The topological polar surface area (TPSA) is 15.3 Å². The molecule has 2 nitrogen and oxygen atoms in total. The fraction of sp³-hybridized carbons (Fsp3) is 0.571. The first-order valence-corrected chi connectivity index (χ1v) is 7.40. The number of hydrogen-bond donors (Lipinski definition) is 1. The molecule has 1 rings (SSSR count). The molecular weight excluding hydrogens is 228 g/mol. The highest BCUT2D eigenvalue weighted by Gasteiger charge is 2.10. The first-order valence-electron chi connectivity index (χ1n) is 6.17. The molecule has 1 atom stereocenters. The van der Waals surface area contributed by atoms with Crippen LogP contribution < -0.4 is 5.32 Å². The molecular formula is C14H24N2S. The summed E-state index contributed by atoms with van der Waals surface area (Å²) in [4.78, 5) is 3.74. The lowest BCUT2D eigenvalue weighted by molar-refractivity contribution is 0.258. The van der Waals surface area contributed by atoms with Gasteiger partial charge in [0.25, 0.3) is 0 Å². The molecule has 1 aromatic rings. The van der Waals surface area contributed by atoms with E-state index in [2.05, 4.69) is 54.7 Å².